The van der Waals surface area contributed by atoms with E-state index in [1.807, 2.05) is 4.90 Å². The first-order valence-electron chi connectivity index (χ1n) is 7.36. The van der Waals surface area contributed by atoms with E-state index in [4.69, 9.17) is 4.74 Å². The first kappa shape index (κ1) is 15.8. The van der Waals surface area contributed by atoms with Crippen LogP contribution in [0.2, 0.25) is 0 Å². The summed E-state index contributed by atoms with van der Waals surface area (Å²) in [5, 5.41) is 3.40. The minimum atomic E-state index is -0.383. The van der Waals surface area contributed by atoms with E-state index in [1.54, 1.807) is 12.1 Å². The number of ether oxygens (including phenoxy) is 1. The van der Waals surface area contributed by atoms with Gasteiger partial charge in [-0.3, -0.25) is 4.79 Å². The lowest BCUT2D eigenvalue weighted by Crippen LogP contribution is -2.55. The Morgan fingerprint density at radius 3 is 2.62 bits per heavy atom. The van der Waals surface area contributed by atoms with Crippen molar-refractivity contribution in [2.75, 3.05) is 20.2 Å². The molecule has 1 aliphatic rings. The molecule has 1 fully saturated rings. The third-order valence-electron chi connectivity index (χ3n) is 3.75. The van der Waals surface area contributed by atoms with Crippen molar-refractivity contribution in [3.8, 4) is 5.75 Å². The van der Waals surface area contributed by atoms with Gasteiger partial charge in [0.05, 0.1) is 7.11 Å². The minimum absolute atomic E-state index is 0.131. The Kier molecular flexibility index (Phi) is 5.17. The molecule has 1 aliphatic heterocycles. The molecule has 0 aliphatic carbocycles. The fraction of sp³-hybridized carbons (Fsp3) is 0.562. The number of amides is 1. The van der Waals surface area contributed by atoms with E-state index in [9.17, 15) is 9.18 Å². The van der Waals surface area contributed by atoms with Gasteiger partial charge in [-0.05, 0) is 38.0 Å². The van der Waals surface area contributed by atoms with E-state index >= 15 is 0 Å². The van der Waals surface area contributed by atoms with Crippen molar-refractivity contribution in [1.82, 2.24) is 10.2 Å². The van der Waals surface area contributed by atoms with Crippen molar-refractivity contribution in [2.24, 2.45) is 0 Å². The van der Waals surface area contributed by atoms with E-state index in [1.165, 1.54) is 13.2 Å². The normalized spacial score (nSPS) is 22.2. The van der Waals surface area contributed by atoms with E-state index in [2.05, 4.69) is 19.2 Å². The fourth-order valence-electron chi connectivity index (χ4n) is 2.81. The third kappa shape index (κ3) is 4.17. The summed E-state index contributed by atoms with van der Waals surface area (Å²) in [6.07, 6.45) is 0.956. The molecule has 1 saturated heterocycles. The van der Waals surface area contributed by atoms with Gasteiger partial charge in [0.15, 0.2) is 11.6 Å². The Labute approximate surface area is 125 Å². The maximum atomic E-state index is 13.6. The van der Waals surface area contributed by atoms with E-state index in [0.29, 0.717) is 24.9 Å². The van der Waals surface area contributed by atoms with E-state index in [0.717, 1.165) is 18.7 Å². The highest BCUT2D eigenvalue weighted by Gasteiger charge is 2.24. The number of piperazine rings is 1. The molecular formula is C16H23FN2O2. The first-order valence-corrected chi connectivity index (χ1v) is 7.36. The van der Waals surface area contributed by atoms with Gasteiger partial charge in [0.25, 0.3) is 0 Å². The summed E-state index contributed by atoms with van der Waals surface area (Å²) in [5.74, 6) is -0.0203. The molecule has 0 unspecified atom stereocenters. The predicted molar refractivity (Wildman–Crippen MR) is 79.9 cm³/mol. The Bertz CT molecular complexity index is 497. The molecule has 2 rings (SSSR count). The van der Waals surface area contributed by atoms with E-state index in [-0.39, 0.29) is 17.5 Å². The van der Waals surface area contributed by atoms with Crippen molar-refractivity contribution in [2.45, 2.75) is 38.8 Å². The van der Waals surface area contributed by atoms with Gasteiger partial charge in [0.2, 0.25) is 5.91 Å². The van der Waals surface area contributed by atoms with Crippen LogP contribution in [0.15, 0.2) is 18.2 Å². The Balaban J connectivity index is 1.90. The summed E-state index contributed by atoms with van der Waals surface area (Å²) >= 11 is 0. The van der Waals surface area contributed by atoms with Crippen LogP contribution in [0.4, 0.5) is 4.39 Å². The van der Waals surface area contributed by atoms with Crippen LogP contribution in [0.3, 0.4) is 0 Å². The van der Waals surface area contributed by atoms with E-state index < -0.39 is 0 Å². The molecule has 0 spiro atoms. The zero-order valence-electron chi connectivity index (χ0n) is 12.9. The number of nitrogens with one attached hydrogen (secondary N) is 1. The number of benzene rings is 1. The van der Waals surface area contributed by atoms with Crippen LogP contribution >= 0.6 is 0 Å². The van der Waals surface area contributed by atoms with Crippen LogP contribution in [0.5, 0.6) is 5.75 Å². The number of halogens is 1. The Morgan fingerprint density at radius 1 is 1.38 bits per heavy atom. The molecular weight excluding hydrogens is 271 g/mol. The Hall–Kier alpha value is -1.62. The van der Waals surface area contributed by atoms with Crippen molar-refractivity contribution < 1.29 is 13.9 Å². The Morgan fingerprint density at radius 2 is 2.05 bits per heavy atom. The molecule has 116 valence electrons. The molecule has 5 heteroatoms. The smallest absolute Gasteiger partial charge is 0.223 e. The summed E-state index contributed by atoms with van der Waals surface area (Å²) in [6, 6.07) is 5.48. The van der Waals surface area contributed by atoms with Gasteiger partial charge < -0.3 is 15.0 Å². The average molecular weight is 294 g/mol. The molecule has 1 aromatic rings. The van der Waals surface area contributed by atoms with Crippen LogP contribution in [-0.4, -0.2) is 43.1 Å². The zero-order chi connectivity index (χ0) is 15.4. The monoisotopic (exact) mass is 294 g/mol. The minimum Gasteiger partial charge on any atom is -0.494 e. The zero-order valence-corrected chi connectivity index (χ0v) is 12.9. The SMILES string of the molecule is COc1ccc(CCC(=O)N2C[C@@H](C)N[C@H](C)C2)cc1F. The fourth-order valence-corrected chi connectivity index (χ4v) is 2.81. The molecule has 1 aromatic carbocycles. The molecule has 4 nitrogen and oxygen atoms in total. The van der Waals surface area contributed by atoms with Crippen LogP contribution in [0.25, 0.3) is 0 Å². The maximum Gasteiger partial charge on any atom is 0.223 e. The summed E-state index contributed by atoms with van der Waals surface area (Å²) in [6.45, 7) is 5.63. The molecule has 0 bridgehead atoms. The van der Waals surface area contributed by atoms with Crippen molar-refractivity contribution >= 4 is 5.91 Å². The number of hydrogen-bond donors (Lipinski definition) is 1. The first-order chi connectivity index (χ1) is 9.99. The topological polar surface area (TPSA) is 41.6 Å². The molecule has 1 N–H and O–H groups in total. The number of hydrogen-bond acceptors (Lipinski definition) is 3. The molecule has 1 heterocycles. The van der Waals surface area contributed by atoms with Gasteiger partial charge in [-0.1, -0.05) is 6.07 Å². The molecule has 0 saturated carbocycles. The van der Waals surface area contributed by atoms with Crippen LogP contribution in [0, 0.1) is 5.82 Å². The van der Waals surface area contributed by atoms with Gasteiger partial charge in [0, 0.05) is 31.6 Å². The highest BCUT2D eigenvalue weighted by atomic mass is 19.1. The lowest BCUT2D eigenvalue weighted by atomic mass is 10.1. The van der Waals surface area contributed by atoms with Crippen molar-refractivity contribution in [3.05, 3.63) is 29.6 Å². The van der Waals surface area contributed by atoms with Crippen LogP contribution in [0.1, 0.15) is 25.8 Å². The second-order valence-corrected chi connectivity index (χ2v) is 5.74. The quantitative estimate of drug-likeness (QED) is 0.923. The molecule has 0 radical (unpaired) electrons. The maximum absolute atomic E-state index is 13.6. The number of nitrogens with zero attached hydrogens (tertiary/aromatic N) is 1. The molecule has 21 heavy (non-hydrogen) atoms. The van der Waals surface area contributed by atoms with Gasteiger partial charge in [0.1, 0.15) is 0 Å². The van der Waals surface area contributed by atoms with Crippen LogP contribution < -0.4 is 10.1 Å². The summed E-state index contributed by atoms with van der Waals surface area (Å²) in [5.41, 5.74) is 0.817. The highest BCUT2D eigenvalue weighted by molar-refractivity contribution is 5.76. The van der Waals surface area contributed by atoms with Crippen molar-refractivity contribution in [1.29, 1.82) is 0 Å². The number of methoxy groups -OCH3 is 1. The number of carbonyl (C=O) groups excluding carboxylic acids is 1. The number of rotatable bonds is 4. The second-order valence-electron chi connectivity index (χ2n) is 5.74. The second kappa shape index (κ2) is 6.89. The number of carbonyl (C=O) groups is 1. The van der Waals surface area contributed by atoms with Crippen LogP contribution in [-0.2, 0) is 11.2 Å². The van der Waals surface area contributed by atoms with Gasteiger partial charge in [-0.15, -0.1) is 0 Å². The summed E-state index contributed by atoms with van der Waals surface area (Å²) in [4.78, 5) is 14.1. The lowest BCUT2D eigenvalue weighted by molar-refractivity contribution is -0.132. The van der Waals surface area contributed by atoms with Gasteiger partial charge >= 0.3 is 0 Å². The third-order valence-corrected chi connectivity index (χ3v) is 3.75. The molecule has 1 amide bonds. The highest BCUT2D eigenvalue weighted by Crippen LogP contribution is 2.19. The largest absolute Gasteiger partial charge is 0.494 e. The molecule has 0 aromatic heterocycles. The van der Waals surface area contributed by atoms with Crippen molar-refractivity contribution in [3.63, 3.8) is 0 Å². The van der Waals surface area contributed by atoms with Gasteiger partial charge in [-0.2, -0.15) is 0 Å². The standard InChI is InChI=1S/C16H23FN2O2/c1-11-9-19(10-12(2)18-11)16(20)7-5-13-4-6-15(21-3)14(17)8-13/h4,6,8,11-12,18H,5,7,9-10H2,1-3H3/t11-,12-/m1/s1. The van der Waals surface area contributed by atoms with Gasteiger partial charge in [-0.25, -0.2) is 4.39 Å². The average Bonchev–Trinajstić information content (AvgIpc) is 2.43. The molecule has 2 atom stereocenters. The summed E-state index contributed by atoms with van der Waals surface area (Å²) < 4.78 is 18.5. The predicted octanol–water partition coefficient (Wildman–Crippen LogP) is 1.98. The number of aryl methyl sites for hydroxylation is 1. The summed E-state index contributed by atoms with van der Waals surface area (Å²) in [7, 11) is 1.44. The lowest BCUT2D eigenvalue weighted by Gasteiger charge is -2.36.